The van der Waals surface area contributed by atoms with E-state index in [9.17, 15) is 13.2 Å². The number of nitrogens with two attached hydrogens (primary N) is 1. The van der Waals surface area contributed by atoms with Crippen molar-refractivity contribution in [3.05, 3.63) is 42.4 Å². The second kappa shape index (κ2) is 5.85. The fraction of sp³-hybridized carbons (Fsp3) is 0.0833. The molecule has 9 heteroatoms. The van der Waals surface area contributed by atoms with Crippen LogP contribution in [0.25, 0.3) is 0 Å². The molecular weight excluding hydrogens is 294 g/mol. The van der Waals surface area contributed by atoms with Crippen molar-refractivity contribution in [2.24, 2.45) is 5.14 Å². The van der Waals surface area contributed by atoms with E-state index in [1.807, 2.05) is 0 Å². The molecule has 0 spiro atoms. The predicted octanol–water partition coefficient (Wildman–Crippen LogP) is 0.418. The van der Waals surface area contributed by atoms with Gasteiger partial charge in [-0.15, -0.1) is 0 Å². The summed E-state index contributed by atoms with van der Waals surface area (Å²) >= 11 is 0. The van der Waals surface area contributed by atoms with Crippen LogP contribution >= 0.6 is 0 Å². The highest BCUT2D eigenvalue weighted by molar-refractivity contribution is 7.89. The number of rotatable bonds is 4. The fourth-order valence-electron chi connectivity index (χ4n) is 1.50. The van der Waals surface area contributed by atoms with E-state index in [-0.39, 0.29) is 10.6 Å². The second-order valence-corrected chi connectivity index (χ2v) is 5.62. The standard InChI is InChI=1S/C12H13N5O3S/c1-14-11-7-15-10(6-16-11)12(18)17-8-2-4-9(5-3-8)21(13,19)20/h2-7H,1H3,(H,14,16)(H,17,18)(H2,13,19,20). The molecule has 4 N–H and O–H groups in total. The Morgan fingerprint density at radius 1 is 1.14 bits per heavy atom. The Labute approximate surface area is 121 Å². The molecule has 1 aromatic heterocycles. The van der Waals surface area contributed by atoms with Crippen molar-refractivity contribution in [3.63, 3.8) is 0 Å². The maximum Gasteiger partial charge on any atom is 0.275 e. The number of nitrogens with one attached hydrogen (secondary N) is 2. The van der Waals surface area contributed by atoms with E-state index in [0.29, 0.717) is 11.5 Å². The summed E-state index contributed by atoms with van der Waals surface area (Å²) in [6.07, 6.45) is 2.76. The average molecular weight is 307 g/mol. The lowest BCUT2D eigenvalue weighted by molar-refractivity contribution is 0.102. The number of carbonyl (C=O) groups is 1. The Bertz CT molecular complexity index is 741. The minimum atomic E-state index is -3.75. The first kappa shape index (κ1) is 14.9. The maximum atomic E-state index is 11.9. The van der Waals surface area contributed by atoms with Crippen molar-refractivity contribution in [2.45, 2.75) is 4.90 Å². The largest absolute Gasteiger partial charge is 0.372 e. The predicted molar refractivity (Wildman–Crippen MR) is 77.3 cm³/mol. The molecule has 110 valence electrons. The number of anilines is 2. The lowest BCUT2D eigenvalue weighted by Crippen LogP contribution is -2.15. The molecule has 0 unspecified atom stereocenters. The quantitative estimate of drug-likeness (QED) is 0.751. The molecule has 0 saturated heterocycles. The number of sulfonamides is 1. The summed E-state index contributed by atoms with van der Waals surface area (Å²) in [6.45, 7) is 0. The van der Waals surface area contributed by atoms with Crippen LogP contribution in [-0.2, 0) is 10.0 Å². The summed E-state index contributed by atoms with van der Waals surface area (Å²) in [6, 6.07) is 5.49. The van der Waals surface area contributed by atoms with Gasteiger partial charge >= 0.3 is 0 Å². The van der Waals surface area contributed by atoms with Crippen LogP contribution in [0.5, 0.6) is 0 Å². The number of amides is 1. The lowest BCUT2D eigenvalue weighted by atomic mass is 10.3. The number of hydrogen-bond donors (Lipinski definition) is 3. The van der Waals surface area contributed by atoms with Gasteiger partial charge in [0.25, 0.3) is 5.91 Å². The van der Waals surface area contributed by atoms with Crippen molar-refractivity contribution in [2.75, 3.05) is 17.7 Å². The summed E-state index contributed by atoms with van der Waals surface area (Å²) in [5, 5.41) is 10.4. The van der Waals surface area contributed by atoms with Crippen LogP contribution in [0.15, 0.2) is 41.6 Å². The van der Waals surface area contributed by atoms with Gasteiger partial charge in [-0.25, -0.2) is 23.5 Å². The third-order valence-electron chi connectivity index (χ3n) is 2.58. The van der Waals surface area contributed by atoms with E-state index >= 15 is 0 Å². The molecule has 0 atom stereocenters. The third kappa shape index (κ3) is 3.74. The molecule has 21 heavy (non-hydrogen) atoms. The van der Waals surface area contributed by atoms with E-state index in [0.717, 1.165) is 0 Å². The zero-order valence-electron chi connectivity index (χ0n) is 11.1. The topological polar surface area (TPSA) is 127 Å². The Morgan fingerprint density at radius 3 is 2.29 bits per heavy atom. The first-order valence-corrected chi connectivity index (χ1v) is 7.39. The zero-order chi connectivity index (χ0) is 15.5. The molecule has 8 nitrogen and oxygen atoms in total. The first-order valence-electron chi connectivity index (χ1n) is 5.84. The Morgan fingerprint density at radius 2 is 1.81 bits per heavy atom. The Hall–Kier alpha value is -2.52. The van der Waals surface area contributed by atoms with Crippen LogP contribution in [0, 0.1) is 0 Å². The van der Waals surface area contributed by atoms with Crippen LogP contribution in [0.3, 0.4) is 0 Å². The number of hydrogen-bond acceptors (Lipinski definition) is 6. The molecule has 2 aromatic rings. The third-order valence-corrected chi connectivity index (χ3v) is 3.51. The highest BCUT2D eigenvalue weighted by Crippen LogP contribution is 2.13. The summed E-state index contributed by atoms with van der Waals surface area (Å²) in [5.41, 5.74) is 0.566. The van der Waals surface area contributed by atoms with E-state index in [1.165, 1.54) is 36.7 Å². The van der Waals surface area contributed by atoms with E-state index in [2.05, 4.69) is 20.6 Å². The van der Waals surface area contributed by atoms with Crippen molar-refractivity contribution >= 4 is 27.4 Å². The Kier molecular flexibility index (Phi) is 4.15. The highest BCUT2D eigenvalue weighted by Gasteiger charge is 2.10. The Balaban J connectivity index is 2.12. The van der Waals surface area contributed by atoms with Gasteiger partial charge in [-0.3, -0.25) is 4.79 Å². The van der Waals surface area contributed by atoms with Crippen molar-refractivity contribution in [1.29, 1.82) is 0 Å². The maximum absolute atomic E-state index is 11.9. The lowest BCUT2D eigenvalue weighted by Gasteiger charge is -2.06. The number of primary sulfonamides is 1. The van der Waals surface area contributed by atoms with E-state index < -0.39 is 15.9 Å². The summed E-state index contributed by atoms with van der Waals surface area (Å²) in [4.78, 5) is 19.8. The minimum Gasteiger partial charge on any atom is -0.372 e. The van der Waals surface area contributed by atoms with E-state index in [1.54, 1.807) is 7.05 Å². The van der Waals surface area contributed by atoms with Crippen LogP contribution in [-0.4, -0.2) is 31.3 Å². The number of nitrogens with zero attached hydrogens (tertiary/aromatic N) is 2. The molecule has 0 aliphatic heterocycles. The van der Waals surface area contributed by atoms with Gasteiger partial charge in [-0.05, 0) is 24.3 Å². The molecule has 1 aromatic carbocycles. The van der Waals surface area contributed by atoms with Gasteiger partial charge < -0.3 is 10.6 Å². The second-order valence-electron chi connectivity index (χ2n) is 4.06. The molecule has 0 saturated carbocycles. The van der Waals surface area contributed by atoms with Gasteiger partial charge in [0.1, 0.15) is 11.5 Å². The zero-order valence-corrected chi connectivity index (χ0v) is 11.9. The monoisotopic (exact) mass is 307 g/mol. The molecule has 0 aliphatic rings. The van der Waals surface area contributed by atoms with Gasteiger partial charge in [-0.2, -0.15) is 0 Å². The van der Waals surface area contributed by atoms with Crippen molar-refractivity contribution in [1.82, 2.24) is 9.97 Å². The fourth-order valence-corrected chi connectivity index (χ4v) is 2.01. The van der Waals surface area contributed by atoms with Gasteiger partial charge in [0.05, 0.1) is 17.3 Å². The van der Waals surface area contributed by atoms with Crippen LogP contribution in [0.2, 0.25) is 0 Å². The molecule has 0 bridgehead atoms. The summed E-state index contributed by atoms with van der Waals surface area (Å²) < 4.78 is 22.2. The average Bonchev–Trinajstić information content (AvgIpc) is 2.47. The summed E-state index contributed by atoms with van der Waals surface area (Å²) in [5.74, 6) is 0.0950. The highest BCUT2D eigenvalue weighted by atomic mass is 32.2. The normalized spacial score (nSPS) is 11.0. The molecule has 0 fully saturated rings. The molecule has 1 amide bonds. The molecule has 0 radical (unpaired) electrons. The van der Waals surface area contributed by atoms with Crippen molar-refractivity contribution < 1.29 is 13.2 Å². The molecule has 1 heterocycles. The number of benzene rings is 1. The molecular formula is C12H13N5O3S. The molecule has 2 rings (SSSR count). The van der Waals surface area contributed by atoms with Gasteiger partial charge in [-0.1, -0.05) is 0 Å². The van der Waals surface area contributed by atoms with Gasteiger partial charge in [0.2, 0.25) is 10.0 Å². The van der Waals surface area contributed by atoms with Crippen LogP contribution in [0.1, 0.15) is 10.5 Å². The van der Waals surface area contributed by atoms with Crippen LogP contribution in [0.4, 0.5) is 11.5 Å². The SMILES string of the molecule is CNc1cnc(C(=O)Nc2ccc(S(N)(=O)=O)cc2)cn1. The van der Waals surface area contributed by atoms with Crippen molar-refractivity contribution in [3.8, 4) is 0 Å². The molecule has 0 aliphatic carbocycles. The summed E-state index contributed by atoms with van der Waals surface area (Å²) in [7, 11) is -2.06. The number of aromatic nitrogens is 2. The first-order chi connectivity index (χ1) is 9.90. The van der Waals surface area contributed by atoms with Gasteiger partial charge in [0.15, 0.2) is 0 Å². The van der Waals surface area contributed by atoms with Gasteiger partial charge in [0, 0.05) is 12.7 Å². The van der Waals surface area contributed by atoms with Crippen LogP contribution < -0.4 is 15.8 Å². The smallest absolute Gasteiger partial charge is 0.275 e. The van der Waals surface area contributed by atoms with E-state index in [4.69, 9.17) is 5.14 Å². The minimum absolute atomic E-state index is 0.0290. The number of carbonyl (C=O) groups excluding carboxylic acids is 1.